The van der Waals surface area contributed by atoms with Crippen molar-refractivity contribution >= 4 is 28.0 Å². The van der Waals surface area contributed by atoms with E-state index >= 15 is 4.39 Å². The van der Waals surface area contributed by atoms with Crippen LogP contribution in [0.2, 0.25) is 0 Å². The van der Waals surface area contributed by atoms with Crippen LogP contribution in [-0.2, 0) is 4.79 Å². The molecule has 9 heteroatoms. The van der Waals surface area contributed by atoms with E-state index in [0.29, 0.717) is 22.2 Å². The van der Waals surface area contributed by atoms with Crippen LogP contribution in [0.5, 0.6) is 0 Å². The first kappa shape index (κ1) is 19.0. The summed E-state index contributed by atoms with van der Waals surface area (Å²) in [5.74, 6) is -3.58. The average molecular weight is 402 g/mol. The van der Waals surface area contributed by atoms with Crippen LogP contribution in [-0.4, -0.2) is 30.8 Å². The predicted octanol–water partition coefficient (Wildman–Crippen LogP) is 4.79. The molecule has 0 saturated carbocycles. The molecule has 6 nitrogen and oxygen atoms in total. The van der Waals surface area contributed by atoms with Gasteiger partial charge in [-0.1, -0.05) is 13.8 Å². The molecule has 0 fully saturated rings. The number of carboxylic acids is 1. The fourth-order valence-electron chi connectivity index (χ4n) is 3.64. The van der Waals surface area contributed by atoms with Crippen LogP contribution in [0.1, 0.15) is 43.6 Å². The lowest BCUT2D eigenvalue weighted by atomic mass is 9.99. The molecule has 4 rings (SSSR count). The van der Waals surface area contributed by atoms with Crippen LogP contribution in [0.3, 0.4) is 0 Å². The fourth-order valence-corrected chi connectivity index (χ4v) is 3.64. The van der Waals surface area contributed by atoms with Crippen LogP contribution < -0.4 is 0 Å². The first-order chi connectivity index (χ1) is 13.8. The number of alkyl halides is 1. The van der Waals surface area contributed by atoms with E-state index in [4.69, 9.17) is 5.11 Å². The van der Waals surface area contributed by atoms with Gasteiger partial charge < -0.3 is 9.67 Å². The number of nitrogens with one attached hydrogen (secondary N) is 1. The molecular weight excluding hydrogens is 385 g/mol. The van der Waals surface area contributed by atoms with E-state index in [1.807, 2.05) is 13.8 Å². The maximum Gasteiger partial charge on any atom is 0.306 e. The molecule has 0 bridgehead atoms. The number of fused-ring (bicyclic) bond motifs is 2. The topological polar surface area (TPSA) is 83.8 Å². The summed E-state index contributed by atoms with van der Waals surface area (Å²) in [7, 11) is 0. The molecule has 0 radical (unpaired) electrons. The summed E-state index contributed by atoms with van der Waals surface area (Å²) in [4.78, 5) is 15.6. The van der Waals surface area contributed by atoms with Crippen molar-refractivity contribution in [1.29, 1.82) is 0 Å². The minimum atomic E-state index is -1.83. The van der Waals surface area contributed by atoms with Crippen LogP contribution >= 0.6 is 0 Å². The van der Waals surface area contributed by atoms with Crippen molar-refractivity contribution in [1.82, 2.24) is 19.7 Å². The molecule has 0 aliphatic heterocycles. The van der Waals surface area contributed by atoms with E-state index in [0.717, 1.165) is 12.1 Å². The highest BCUT2D eigenvalue weighted by Gasteiger charge is 2.29. The van der Waals surface area contributed by atoms with Gasteiger partial charge in [-0.3, -0.25) is 9.89 Å². The number of aromatic nitrogens is 4. The lowest BCUT2D eigenvalue weighted by molar-refractivity contribution is -0.138. The third kappa shape index (κ3) is 3.12. The van der Waals surface area contributed by atoms with E-state index in [1.165, 1.54) is 6.07 Å². The number of carbonyl (C=O) groups is 1. The van der Waals surface area contributed by atoms with Gasteiger partial charge >= 0.3 is 5.97 Å². The van der Waals surface area contributed by atoms with Gasteiger partial charge in [-0.25, -0.2) is 18.2 Å². The second-order valence-corrected chi connectivity index (χ2v) is 7.12. The number of H-pyrrole nitrogens is 1. The summed E-state index contributed by atoms with van der Waals surface area (Å²) in [6, 6.07) is 5.12. The monoisotopic (exact) mass is 402 g/mol. The molecule has 29 heavy (non-hydrogen) atoms. The lowest BCUT2D eigenvalue weighted by Crippen LogP contribution is -2.08. The largest absolute Gasteiger partial charge is 0.481 e. The van der Waals surface area contributed by atoms with Gasteiger partial charge in [0.25, 0.3) is 0 Å². The molecule has 0 aliphatic rings. The quantitative estimate of drug-likeness (QED) is 0.503. The highest BCUT2D eigenvalue weighted by Crippen LogP contribution is 2.40. The van der Waals surface area contributed by atoms with Crippen molar-refractivity contribution in [2.24, 2.45) is 0 Å². The van der Waals surface area contributed by atoms with Gasteiger partial charge in [-0.15, -0.1) is 0 Å². The zero-order valence-electron chi connectivity index (χ0n) is 15.6. The molecule has 0 unspecified atom stereocenters. The van der Waals surface area contributed by atoms with Gasteiger partial charge in [-0.05, 0) is 24.1 Å². The average Bonchev–Trinajstić information content (AvgIpc) is 3.23. The normalized spacial score (nSPS) is 12.9. The predicted molar refractivity (Wildman–Crippen MR) is 101 cm³/mol. The highest BCUT2D eigenvalue weighted by atomic mass is 19.2. The van der Waals surface area contributed by atoms with Crippen molar-refractivity contribution in [3.05, 3.63) is 53.4 Å². The van der Waals surface area contributed by atoms with Gasteiger partial charge in [0.05, 0.1) is 23.7 Å². The number of halogens is 3. The van der Waals surface area contributed by atoms with Gasteiger partial charge in [0.15, 0.2) is 17.3 Å². The SMILES string of the molecule is CC(C)c1c([C@H](F)CC(=O)O)c2nc3[nH]ncc3cc2n1-c1ccc(F)c(F)c1. The lowest BCUT2D eigenvalue weighted by Gasteiger charge is -2.16. The van der Waals surface area contributed by atoms with Gasteiger partial charge in [-0.2, -0.15) is 5.10 Å². The number of rotatable bonds is 5. The number of pyridine rings is 1. The Morgan fingerprint density at radius 1 is 1.24 bits per heavy atom. The van der Waals surface area contributed by atoms with Gasteiger partial charge in [0, 0.05) is 28.4 Å². The number of benzene rings is 1. The molecule has 3 heterocycles. The Morgan fingerprint density at radius 2 is 2.00 bits per heavy atom. The molecule has 0 saturated heterocycles. The minimum absolute atomic E-state index is 0.124. The Hall–Kier alpha value is -3.36. The number of aromatic amines is 1. The minimum Gasteiger partial charge on any atom is -0.481 e. The van der Waals surface area contributed by atoms with Crippen molar-refractivity contribution in [3.63, 3.8) is 0 Å². The van der Waals surface area contributed by atoms with E-state index in [2.05, 4.69) is 15.2 Å². The number of aliphatic carboxylic acids is 1. The molecular formula is C20H17F3N4O2. The van der Waals surface area contributed by atoms with Crippen molar-refractivity contribution < 1.29 is 23.1 Å². The van der Waals surface area contributed by atoms with E-state index in [9.17, 15) is 13.6 Å². The summed E-state index contributed by atoms with van der Waals surface area (Å²) in [5.41, 5.74) is 1.99. The van der Waals surface area contributed by atoms with Crippen LogP contribution in [0.25, 0.3) is 27.8 Å². The summed E-state index contributed by atoms with van der Waals surface area (Å²) in [6.45, 7) is 3.63. The van der Waals surface area contributed by atoms with Crippen molar-refractivity contribution in [2.75, 3.05) is 0 Å². The van der Waals surface area contributed by atoms with Crippen LogP contribution in [0.15, 0.2) is 30.5 Å². The maximum absolute atomic E-state index is 15.1. The molecule has 0 spiro atoms. The summed E-state index contributed by atoms with van der Waals surface area (Å²) < 4.78 is 44.2. The second kappa shape index (κ2) is 6.91. The van der Waals surface area contributed by atoms with Crippen molar-refractivity contribution in [3.8, 4) is 5.69 Å². The molecule has 0 aliphatic carbocycles. The molecule has 1 aromatic carbocycles. The third-order valence-corrected chi connectivity index (χ3v) is 4.79. The number of hydrogen-bond acceptors (Lipinski definition) is 3. The summed E-state index contributed by atoms with van der Waals surface area (Å²) >= 11 is 0. The van der Waals surface area contributed by atoms with Crippen LogP contribution in [0, 0.1) is 11.6 Å². The zero-order valence-corrected chi connectivity index (χ0v) is 15.6. The number of nitrogens with zero attached hydrogens (tertiary/aromatic N) is 3. The number of carboxylic acid groups (broad SMARTS) is 1. The first-order valence-electron chi connectivity index (χ1n) is 8.97. The van der Waals surface area contributed by atoms with E-state index < -0.39 is 30.2 Å². The Kier molecular flexibility index (Phi) is 4.52. The summed E-state index contributed by atoms with van der Waals surface area (Å²) in [5, 5.41) is 16.4. The zero-order chi connectivity index (χ0) is 20.9. The molecule has 150 valence electrons. The Morgan fingerprint density at radius 3 is 2.66 bits per heavy atom. The van der Waals surface area contributed by atoms with E-state index in [1.54, 1.807) is 16.8 Å². The molecule has 0 amide bonds. The number of hydrogen-bond donors (Lipinski definition) is 2. The van der Waals surface area contributed by atoms with Gasteiger partial charge in [0.1, 0.15) is 6.17 Å². The van der Waals surface area contributed by atoms with Gasteiger partial charge in [0.2, 0.25) is 0 Å². The Balaban J connectivity index is 2.13. The van der Waals surface area contributed by atoms with Crippen LogP contribution in [0.4, 0.5) is 13.2 Å². The Labute approximate surface area is 163 Å². The highest BCUT2D eigenvalue weighted by molar-refractivity contribution is 5.93. The third-order valence-electron chi connectivity index (χ3n) is 4.79. The van der Waals surface area contributed by atoms with E-state index in [-0.39, 0.29) is 22.7 Å². The molecule has 1 atom stereocenters. The second-order valence-electron chi connectivity index (χ2n) is 7.12. The molecule has 3 aromatic heterocycles. The standard InChI is InChI=1S/C20H17F3N4O2/c1-9(2)19-17(14(23)7-16(28)29)18-15(5-10-8-24-26-20(10)25-18)27(19)11-3-4-12(21)13(22)6-11/h3-6,8-9,14H,7H2,1-2H3,(H,28,29)(H,24,25,26)/t14-/m1/s1. The summed E-state index contributed by atoms with van der Waals surface area (Å²) in [6.07, 6.45) is -1.02. The Bertz CT molecular complexity index is 1250. The smallest absolute Gasteiger partial charge is 0.306 e. The molecule has 2 N–H and O–H groups in total. The van der Waals surface area contributed by atoms with Crippen molar-refractivity contribution in [2.45, 2.75) is 32.4 Å². The molecule has 4 aromatic rings. The first-order valence-corrected chi connectivity index (χ1v) is 8.97. The maximum atomic E-state index is 15.1. The fraction of sp³-hybridized carbons (Fsp3) is 0.250.